The van der Waals surface area contributed by atoms with Gasteiger partial charge in [-0.1, -0.05) is 13.8 Å². The molecular weight excluding hydrogens is 352 g/mol. The number of aromatic amines is 1. The van der Waals surface area contributed by atoms with Crippen LogP contribution < -0.4 is 0 Å². The average molecular weight is 374 g/mol. The first-order valence-corrected chi connectivity index (χ1v) is 9.08. The maximum atomic E-state index is 9.55. The Morgan fingerprint density at radius 2 is 0.964 bits per heavy atom. The maximum Gasteiger partial charge on any atom is 0.138 e. The fraction of sp³-hybridized carbons (Fsp3) is 0.0870. The number of benzene rings is 3. The Morgan fingerprint density at radius 3 is 1.43 bits per heavy atom. The summed E-state index contributed by atoms with van der Waals surface area (Å²) >= 11 is 0. The van der Waals surface area contributed by atoms with Crippen LogP contribution in [-0.2, 0) is 0 Å². The molecule has 1 heterocycles. The number of phenolic OH excluding ortho intramolecular Hbond substituents is 3. The van der Waals surface area contributed by atoms with Crippen LogP contribution in [-0.4, -0.2) is 25.3 Å². The van der Waals surface area contributed by atoms with Crippen molar-refractivity contribution in [2.75, 3.05) is 0 Å². The van der Waals surface area contributed by atoms with E-state index in [-0.39, 0.29) is 17.2 Å². The molecule has 0 atom stereocenters. The molecule has 0 amide bonds. The third-order valence-corrected chi connectivity index (χ3v) is 4.14. The molecule has 1 aromatic heterocycles. The van der Waals surface area contributed by atoms with Crippen molar-refractivity contribution in [1.82, 2.24) is 9.97 Å². The third-order valence-electron chi connectivity index (χ3n) is 4.14. The highest BCUT2D eigenvalue weighted by molar-refractivity contribution is 5.81. The quantitative estimate of drug-likeness (QED) is 0.378. The molecule has 0 saturated carbocycles. The molecule has 0 aliphatic carbocycles. The summed E-state index contributed by atoms with van der Waals surface area (Å²) in [4.78, 5) is 8.06. The molecule has 142 valence electrons. The number of rotatable bonds is 3. The minimum absolute atomic E-state index is 0.189. The Balaban J connectivity index is 0.00000109. The SMILES string of the molecule is CC.Oc1ccc(-c2nc(-c3ccc(O)cc3)c(-c3ccc(O)cc3)[nH]2)cc1. The van der Waals surface area contributed by atoms with E-state index in [4.69, 9.17) is 4.98 Å². The largest absolute Gasteiger partial charge is 0.508 e. The third kappa shape index (κ3) is 3.99. The number of nitrogens with zero attached hydrogens (tertiary/aromatic N) is 1. The highest BCUT2D eigenvalue weighted by Gasteiger charge is 2.15. The van der Waals surface area contributed by atoms with Gasteiger partial charge in [-0.15, -0.1) is 0 Å². The summed E-state index contributed by atoms with van der Waals surface area (Å²) in [5, 5.41) is 28.6. The monoisotopic (exact) mass is 374 g/mol. The first-order valence-electron chi connectivity index (χ1n) is 9.08. The van der Waals surface area contributed by atoms with Crippen LogP contribution in [0, 0.1) is 0 Å². The van der Waals surface area contributed by atoms with Gasteiger partial charge in [0, 0.05) is 16.7 Å². The number of H-pyrrole nitrogens is 1. The van der Waals surface area contributed by atoms with Crippen LogP contribution in [0.4, 0.5) is 0 Å². The topological polar surface area (TPSA) is 89.4 Å². The normalized spacial score (nSPS) is 10.2. The van der Waals surface area contributed by atoms with Crippen molar-refractivity contribution in [3.63, 3.8) is 0 Å². The lowest BCUT2D eigenvalue weighted by atomic mass is 10.0. The molecule has 4 rings (SSSR count). The smallest absolute Gasteiger partial charge is 0.138 e. The Hall–Kier alpha value is -3.73. The highest BCUT2D eigenvalue weighted by atomic mass is 16.3. The molecule has 5 heteroatoms. The van der Waals surface area contributed by atoms with Crippen LogP contribution in [0.5, 0.6) is 17.2 Å². The number of phenols is 3. The molecule has 5 nitrogen and oxygen atoms in total. The molecule has 0 unspecified atom stereocenters. The predicted molar refractivity (Wildman–Crippen MR) is 111 cm³/mol. The first kappa shape index (κ1) is 19.0. The molecule has 4 N–H and O–H groups in total. The second kappa shape index (κ2) is 8.31. The molecule has 0 aliphatic rings. The van der Waals surface area contributed by atoms with Gasteiger partial charge >= 0.3 is 0 Å². The molecule has 0 bridgehead atoms. The van der Waals surface area contributed by atoms with E-state index in [0.29, 0.717) is 5.82 Å². The van der Waals surface area contributed by atoms with E-state index in [1.54, 1.807) is 60.7 Å². The second-order valence-corrected chi connectivity index (χ2v) is 5.95. The lowest BCUT2D eigenvalue weighted by Crippen LogP contribution is -1.83. The van der Waals surface area contributed by atoms with Gasteiger partial charge in [-0.2, -0.15) is 0 Å². The van der Waals surface area contributed by atoms with Crippen molar-refractivity contribution in [2.45, 2.75) is 13.8 Å². The van der Waals surface area contributed by atoms with Crippen LogP contribution in [0.2, 0.25) is 0 Å². The maximum absolute atomic E-state index is 9.55. The summed E-state index contributed by atoms with van der Waals surface area (Å²) in [7, 11) is 0. The summed E-state index contributed by atoms with van der Waals surface area (Å²) in [6.07, 6.45) is 0. The second-order valence-electron chi connectivity index (χ2n) is 5.95. The zero-order valence-corrected chi connectivity index (χ0v) is 15.7. The highest BCUT2D eigenvalue weighted by Crippen LogP contribution is 2.34. The van der Waals surface area contributed by atoms with Crippen molar-refractivity contribution >= 4 is 0 Å². The van der Waals surface area contributed by atoms with Crippen LogP contribution in [0.3, 0.4) is 0 Å². The molecule has 0 radical (unpaired) electrons. The molecule has 0 spiro atoms. The Morgan fingerprint density at radius 1 is 0.571 bits per heavy atom. The zero-order valence-electron chi connectivity index (χ0n) is 15.7. The molecular formula is C23H22N2O3. The van der Waals surface area contributed by atoms with E-state index >= 15 is 0 Å². The Bertz CT molecular complexity index is 972. The van der Waals surface area contributed by atoms with E-state index in [0.717, 1.165) is 28.1 Å². The fourth-order valence-electron chi connectivity index (χ4n) is 2.79. The standard InChI is InChI=1S/C21H16N2O3.C2H6/c24-16-7-1-13(2-8-16)19-20(14-3-9-17(25)10-4-14)23-21(22-19)15-5-11-18(26)12-6-15;1-2/h1-12,24-26H,(H,22,23);1-2H3. The number of hydrogen-bond acceptors (Lipinski definition) is 4. The van der Waals surface area contributed by atoms with Gasteiger partial charge in [-0.3, -0.25) is 0 Å². The van der Waals surface area contributed by atoms with Crippen molar-refractivity contribution in [3.8, 4) is 51.2 Å². The van der Waals surface area contributed by atoms with Gasteiger partial charge in [0.25, 0.3) is 0 Å². The molecule has 0 saturated heterocycles. The predicted octanol–water partition coefficient (Wildman–Crippen LogP) is 5.55. The molecule has 4 aromatic rings. The number of aromatic nitrogens is 2. The van der Waals surface area contributed by atoms with Crippen molar-refractivity contribution in [2.24, 2.45) is 0 Å². The van der Waals surface area contributed by atoms with Crippen LogP contribution in [0.25, 0.3) is 33.9 Å². The van der Waals surface area contributed by atoms with Crippen LogP contribution >= 0.6 is 0 Å². The van der Waals surface area contributed by atoms with Crippen LogP contribution in [0.1, 0.15) is 13.8 Å². The average Bonchev–Trinajstić information content (AvgIpc) is 3.16. The van der Waals surface area contributed by atoms with Crippen LogP contribution in [0.15, 0.2) is 72.8 Å². The Labute approximate surface area is 163 Å². The summed E-state index contributed by atoms with van der Waals surface area (Å²) in [5.41, 5.74) is 4.11. The van der Waals surface area contributed by atoms with Crippen molar-refractivity contribution in [1.29, 1.82) is 0 Å². The first-order chi connectivity index (χ1) is 13.6. The number of nitrogens with one attached hydrogen (secondary N) is 1. The van der Waals surface area contributed by atoms with Gasteiger partial charge in [0.05, 0.1) is 11.4 Å². The minimum Gasteiger partial charge on any atom is -0.508 e. The molecule has 0 aliphatic heterocycles. The number of aromatic hydroxyl groups is 3. The van der Waals surface area contributed by atoms with Gasteiger partial charge in [-0.25, -0.2) is 4.98 Å². The molecule has 28 heavy (non-hydrogen) atoms. The van der Waals surface area contributed by atoms with E-state index in [9.17, 15) is 15.3 Å². The summed E-state index contributed by atoms with van der Waals surface area (Å²) < 4.78 is 0. The molecule has 0 fully saturated rings. The molecule has 3 aromatic carbocycles. The number of imidazole rings is 1. The summed E-state index contributed by atoms with van der Waals surface area (Å²) in [6, 6.07) is 20.5. The lowest BCUT2D eigenvalue weighted by Gasteiger charge is -2.04. The van der Waals surface area contributed by atoms with E-state index < -0.39 is 0 Å². The van der Waals surface area contributed by atoms with Gasteiger partial charge < -0.3 is 20.3 Å². The van der Waals surface area contributed by atoms with E-state index in [2.05, 4.69) is 4.98 Å². The zero-order chi connectivity index (χ0) is 20.1. The number of hydrogen-bond donors (Lipinski definition) is 4. The van der Waals surface area contributed by atoms with Gasteiger partial charge in [0.2, 0.25) is 0 Å². The van der Waals surface area contributed by atoms with E-state index in [1.807, 2.05) is 26.0 Å². The van der Waals surface area contributed by atoms with Gasteiger partial charge in [0.15, 0.2) is 0 Å². The van der Waals surface area contributed by atoms with Crippen molar-refractivity contribution < 1.29 is 15.3 Å². The summed E-state index contributed by atoms with van der Waals surface area (Å²) in [5.74, 6) is 1.24. The van der Waals surface area contributed by atoms with Crippen molar-refractivity contribution in [3.05, 3.63) is 72.8 Å². The fourth-order valence-corrected chi connectivity index (χ4v) is 2.79. The minimum atomic E-state index is 0.189. The Kier molecular flexibility index (Phi) is 5.65. The van der Waals surface area contributed by atoms with Gasteiger partial charge in [-0.05, 0) is 72.8 Å². The van der Waals surface area contributed by atoms with E-state index in [1.165, 1.54) is 0 Å². The summed E-state index contributed by atoms with van der Waals surface area (Å²) in [6.45, 7) is 4.00. The lowest BCUT2D eigenvalue weighted by molar-refractivity contribution is 0.475. The van der Waals surface area contributed by atoms with Gasteiger partial charge in [0.1, 0.15) is 23.1 Å².